The summed E-state index contributed by atoms with van der Waals surface area (Å²) in [5, 5.41) is 59.0. The van der Waals surface area contributed by atoms with E-state index >= 15 is 0 Å². The number of likely N-dealkylation sites (N-methyl/N-ethyl adjacent to an activating group) is 1. The lowest BCUT2D eigenvalue weighted by Gasteiger charge is -2.53. The number of amides is 1. The highest BCUT2D eigenvalue weighted by Crippen LogP contribution is 2.57. The summed E-state index contributed by atoms with van der Waals surface area (Å²) >= 11 is 11.6. The number of aromatic hydroxyl groups is 1. The fraction of sp³-hybridized carbons (Fsp3) is 0.519. The first-order valence-corrected chi connectivity index (χ1v) is 13.8. The number of benzene rings is 1. The van der Waals surface area contributed by atoms with Gasteiger partial charge in [-0.3, -0.25) is 24.2 Å². The van der Waals surface area contributed by atoms with Crippen molar-refractivity contribution in [2.45, 2.75) is 30.6 Å². The Kier molecular flexibility index (Phi) is 8.30. The highest BCUT2D eigenvalue weighted by atomic mass is 35.5. The average Bonchev–Trinajstić information content (AvgIpc) is 2.88. The van der Waals surface area contributed by atoms with E-state index in [1.54, 1.807) is 4.90 Å². The number of phenolic OH excluding ortho intramolecular Hbond substituents is 1. The molecule has 13 heteroatoms. The van der Waals surface area contributed by atoms with E-state index in [0.29, 0.717) is 13.1 Å². The Balaban J connectivity index is 1.85. The normalized spacial score (nSPS) is 30.0. The first kappa shape index (κ1) is 30.3. The van der Waals surface area contributed by atoms with Crippen LogP contribution in [0.15, 0.2) is 35.1 Å². The van der Waals surface area contributed by atoms with Crippen LogP contribution < -0.4 is 5.32 Å². The number of halogens is 2. The third-order valence-corrected chi connectivity index (χ3v) is 8.60. The zero-order chi connectivity index (χ0) is 29.7. The second kappa shape index (κ2) is 11.0. The van der Waals surface area contributed by atoms with Crippen molar-refractivity contribution >= 4 is 46.4 Å². The number of phenols is 1. The van der Waals surface area contributed by atoms with Gasteiger partial charge in [-0.25, -0.2) is 0 Å². The Bertz CT molecular complexity index is 1300. The van der Waals surface area contributed by atoms with E-state index in [4.69, 9.17) is 23.2 Å². The molecule has 3 aliphatic rings. The number of alkyl halides is 2. The zero-order valence-corrected chi connectivity index (χ0v) is 23.8. The molecule has 1 fully saturated rings. The maximum Gasteiger partial charge on any atom is 0.259 e. The number of aliphatic hydroxyl groups is 4. The number of aliphatic hydroxyl groups excluding tert-OH is 2. The van der Waals surface area contributed by atoms with Gasteiger partial charge in [-0.1, -0.05) is 12.1 Å². The van der Waals surface area contributed by atoms with Gasteiger partial charge in [-0.2, -0.15) is 0 Å². The Morgan fingerprint density at radius 1 is 1.10 bits per heavy atom. The van der Waals surface area contributed by atoms with E-state index in [1.807, 2.05) is 0 Å². The van der Waals surface area contributed by atoms with Gasteiger partial charge in [-0.15, -0.1) is 23.2 Å². The lowest BCUT2D eigenvalue weighted by Crippen LogP contribution is -2.67. The van der Waals surface area contributed by atoms with Crippen LogP contribution in [0.5, 0.6) is 5.75 Å². The van der Waals surface area contributed by atoms with Gasteiger partial charge in [0.2, 0.25) is 5.78 Å². The molecular formula is C27H33Cl2N3O8. The van der Waals surface area contributed by atoms with Crippen LogP contribution in [0.3, 0.4) is 0 Å². The molecule has 6 N–H and O–H groups in total. The number of hydrogen-bond donors (Lipinski definition) is 6. The summed E-state index contributed by atoms with van der Waals surface area (Å²) in [6.07, 6.45) is -0.212. The van der Waals surface area contributed by atoms with Gasteiger partial charge < -0.3 is 30.8 Å². The summed E-state index contributed by atoms with van der Waals surface area (Å²) in [4.78, 5) is 44.2. The number of Topliss-reactive ketones (excluding diaryl/α,β-unsaturated/α-hetero) is 2. The van der Waals surface area contributed by atoms with Gasteiger partial charge in [0, 0.05) is 42.3 Å². The molecule has 5 atom stereocenters. The Hall–Kier alpha value is -2.67. The quantitative estimate of drug-likeness (QED) is 0.144. The van der Waals surface area contributed by atoms with E-state index in [0.717, 1.165) is 0 Å². The molecule has 4 rings (SSSR count). The van der Waals surface area contributed by atoms with E-state index in [1.165, 1.54) is 44.1 Å². The van der Waals surface area contributed by atoms with Gasteiger partial charge in [0.15, 0.2) is 11.4 Å². The molecule has 0 saturated heterocycles. The minimum absolute atomic E-state index is 0.0717. The minimum atomic E-state index is -2.78. The molecule has 218 valence electrons. The topological polar surface area (TPSA) is 171 Å². The first-order valence-electron chi connectivity index (χ1n) is 12.8. The van der Waals surface area contributed by atoms with E-state index in [9.17, 15) is 39.9 Å². The van der Waals surface area contributed by atoms with Crippen molar-refractivity contribution in [2.75, 3.05) is 45.6 Å². The molecule has 0 aliphatic heterocycles. The number of fused-ring (bicyclic) bond motifs is 3. The summed E-state index contributed by atoms with van der Waals surface area (Å²) in [5.41, 5.74) is -5.78. The zero-order valence-electron chi connectivity index (χ0n) is 22.3. The molecule has 0 spiro atoms. The van der Waals surface area contributed by atoms with Crippen LogP contribution in [-0.2, 0) is 20.0 Å². The van der Waals surface area contributed by atoms with Crippen LogP contribution in [0, 0.1) is 11.8 Å². The van der Waals surface area contributed by atoms with Gasteiger partial charge >= 0.3 is 0 Å². The molecule has 1 aromatic carbocycles. The Labute approximate surface area is 241 Å². The summed E-state index contributed by atoms with van der Waals surface area (Å²) < 4.78 is 0. The SMILES string of the molecule is CN(C)[C@@H]1C(=O)C(C(=O)NCN(CCCl)CCCl)=C(O)[C@@]2(O)C(=O)C3=C(O)c4c(O)cccc4[C@](C)(O)[C@H]3C[C@@H]12. The number of rotatable bonds is 8. The van der Waals surface area contributed by atoms with Crippen molar-refractivity contribution in [1.82, 2.24) is 15.1 Å². The molecule has 1 amide bonds. The molecule has 0 aromatic heterocycles. The Morgan fingerprint density at radius 3 is 2.30 bits per heavy atom. The molecule has 0 unspecified atom stereocenters. The second-order valence-corrected chi connectivity index (χ2v) is 11.5. The van der Waals surface area contributed by atoms with Crippen LogP contribution in [0.4, 0.5) is 0 Å². The van der Waals surface area contributed by atoms with Crippen LogP contribution in [0.1, 0.15) is 24.5 Å². The van der Waals surface area contributed by atoms with E-state index < -0.39 is 75.0 Å². The summed E-state index contributed by atoms with van der Waals surface area (Å²) in [6, 6.07) is 3.02. The third-order valence-electron chi connectivity index (χ3n) is 8.27. The summed E-state index contributed by atoms with van der Waals surface area (Å²) in [7, 11) is 3.06. The van der Waals surface area contributed by atoms with Gasteiger partial charge in [0.05, 0.1) is 23.9 Å². The van der Waals surface area contributed by atoms with Crippen LogP contribution in [-0.4, -0.2) is 110 Å². The van der Waals surface area contributed by atoms with Crippen molar-refractivity contribution in [3.05, 3.63) is 46.2 Å². The fourth-order valence-electron chi connectivity index (χ4n) is 6.26. The minimum Gasteiger partial charge on any atom is -0.508 e. The number of hydrogen-bond acceptors (Lipinski definition) is 10. The van der Waals surface area contributed by atoms with Gasteiger partial charge in [0.1, 0.15) is 22.8 Å². The van der Waals surface area contributed by atoms with Crippen LogP contribution in [0.2, 0.25) is 0 Å². The summed E-state index contributed by atoms with van der Waals surface area (Å²) in [6.45, 7) is 2.10. The van der Waals surface area contributed by atoms with Gasteiger partial charge in [-0.05, 0) is 39.1 Å². The van der Waals surface area contributed by atoms with Crippen LogP contribution in [0.25, 0.3) is 5.76 Å². The lowest BCUT2D eigenvalue weighted by atomic mass is 9.54. The molecule has 3 aliphatic carbocycles. The highest BCUT2D eigenvalue weighted by molar-refractivity contribution is 6.25. The number of carbonyl (C=O) groups is 3. The smallest absolute Gasteiger partial charge is 0.259 e. The van der Waals surface area contributed by atoms with Crippen molar-refractivity contribution in [3.63, 3.8) is 0 Å². The molecule has 40 heavy (non-hydrogen) atoms. The maximum absolute atomic E-state index is 14.1. The molecule has 1 saturated carbocycles. The molecule has 0 heterocycles. The monoisotopic (exact) mass is 597 g/mol. The molecule has 11 nitrogen and oxygen atoms in total. The molecule has 0 radical (unpaired) electrons. The maximum atomic E-state index is 14.1. The number of ketones is 2. The molecule has 1 aromatic rings. The fourth-order valence-corrected chi connectivity index (χ4v) is 6.74. The number of nitrogens with one attached hydrogen (secondary N) is 1. The summed E-state index contributed by atoms with van der Waals surface area (Å²) in [5.74, 6) is -7.06. The number of carbonyl (C=O) groups excluding carboxylic acids is 3. The first-order chi connectivity index (χ1) is 18.7. The average molecular weight is 598 g/mol. The number of nitrogens with zero attached hydrogens (tertiary/aromatic N) is 2. The predicted octanol–water partition coefficient (Wildman–Crippen LogP) is 0.997. The predicted molar refractivity (Wildman–Crippen MR) is 147 cm³/mol. The second-order valence-electron chi connectivity index (χ2n) is 10.8. The largest absolute Gasteiger partial charge is 0.508 e. The highest BCUT2D eigenvalue weighted by Gasteiger charge is 2.66. The van der Waals surface area contributed by atoms with Crippen molar-refractivity contribution in [3.8, 4) is 5.75 Å². The third kappa shape index (κ3) is 4.49. The van der Waals surface area contributed by atoms with Gasteiger partial charge in [0.25, 0.3) is 5.91 Å². The van der Waals surface area contributed by atoms with Crippen molar-refractivity contribution in [1.29, 1.82) is 0 Å². The van der Waals surface area contributed by atoms with Crippen molar-refractivity contribution in [2.24, 2.45) is 11.8 Å². The van der Waals surface area contributed by atoms with E-state index in [-0.39, 0.29) is 36.0 Å². The van der Waals surface area contributed by atoms with Crippen LogP contribution >= 0.6 is 23.2 Å². The lowest BCUT2D eigenvalue weighted by molar-refractivity contribution is -0.159. The van der Waals surface area contributed by atoms with Crippen molar-refractivity contribution < 1.29 is 39.9 Å². The molecule has 0 bridgehead atoms. The standard InChI is InChI=1S/C27H33Cl2N3O8/c1-26(39)13-5-4-6-16(33)17(13)21(34)18-14(26)11-15-20(31(2)3)22(35)19(24(37)27(15,40)23(18)36)25(38)30-12-32(9-7-28)10-8-29/h4-6,14-15,20,33-34,37,39-40H,7-12H2,1-3H3,(H,30,38)/t14-,15-,20-,26-,27-/m0/s1. The van der Waals surface area contributed by atoms with E-state index in [2.05, 4.69) is 5.32 Å². The Morgan fingerprint density at radius 2 is 1.73 bits per heavy atom. The molecular weight excluding hydrogens is 565 g/mol.